The van der Waals surface area contributed by atoms with Crippen molar-refractivity contribution in [2.75, 3.05) is 11.9 Å². The molecule has 1 aliphatic rings. The van der Waals surface area contributed by atoms with E-state index in [-0.39, 0.29) is 18.3 Å². The van der Waals surface area contributed by atoms with Gasteiger partial charge < -0.3 is 15.7 Å². The smallest absolute Gasteiger partial charge is 0.475 e. The molecule has 0 aliphatic carbocycles. The van der Waals surface area contributed by atoms with E-state index in [1.165, 1.54) is 12.1 Å². The molecule has 0 fully saturated rings. The topological polar surface area (TPSA) is 78.4 Å². The van der Waals surface area contributed by atoms with Crippen molar-refractivity contribution in [3.63, 3.8) is 0 Å². The maximum absolute atomic E-state index is 12.8. The van der Waals surface area contributed by atoms with Gasteiger partial charge in [0.05, 0.1) is 6.54 Å². The highest BCUT2D eigenvalue weighted by Gasteiger charge is 2.38. The van der Waals surface area contributed by atoms with Crippen molar-refractivity contribution in [3.8, 4) is 0 Å². The Balaban J connectivity index is 0.000000246. The van der Waals surface area contributed by atoms with Crippen molar-refractivity contribution in [2.24, 2.45) is 0 Å². The number of benzene rings is 1. The van der Waals surface area contributed by atoms with Gasteiger partial charge in [-0.15, -0.1) is 0 Å². The molecule has 0 atom stereocenters. The molecule has 1 aliphatic heterocycles. The number of anilines is 1. The molecule has 0 saturated heterocycles. The Morgan fingerprint density at radius 2 is 1.85 bits per heavy atom. The zero-order valence-corrected chi connectivity index (χ0v) is 9.92. The molecule has 9 heteroatoms. The van der Waals surface area contributed by atoms with E-state index in [4.69, 9.17) is 9.90 Å². The van der Waals surface area contributed by atoms with Crippen LogP contribution in [0, 0.1) is 5.82 Å². The van der Waals surface area contributed by atoms with E-state index >= 15 is 0 Å². The lowest BCUT2D eigenvalue weighted by Gasteiger charge is -2.04. The van der Waals surface area contributed by atoms with Crippen LogP contribution in [0.5, 0.6) is 0 Å². The highest BCUT2D eigenvalue weighted by molar-refractivity contribution is 5.93. The average molecular weight is 294 g/mol. The summed E-state index contributed by atoms with van der Waals surface area (Å²) >= 11 is 0. The summed E-state index contributed by atoms with van der Waals surface area (Å²) in [7, 11) is 0. The van der Waals surface area contributed by atoms with Gasteiger partial charge in [-0.3, -0.25) is 4.79 Å². The molecular weight excluding hydrogens is 284 g/mol. The van der Waals surface area contributed by atoms with Crippen molar-refractivity contribution in [3.05, 3.63) is 29.6 Å². The Bertz CT molecular complexity index is 517. The first-order valence-electron chi connectivity index (χ1n) is 5.29. The number of fused-ring (bicyclic) bond motifs is 1. The summed E-state index contributed by atoms with van der Waals surface area (Å²) in [6, 6.07) is 4.39. The minimum atomic E-state index is -5.08. The molecule has 1 amide bonds. The standard InChI is InChI=1S/C9H9FN2O.C2HF3O2/c10-7-2-1-6-4-11-5-9(13)12-8(6)3-7;3-2(4,5)1(6)7/h1-3,11H,4-5H2,(H,12,13);(H,6,7). The number of hydrogen-bond donors (Lipinski definition) is 3. The second-order valence-electron chi connectivity index (χ2n) is 3.76. The average Bonchev–Trinajstić information content (AvgIpc) is 2.48. The lowest BCUT2D eigenvalue weighted by molar-refractivity contribution is -0.192. The second-order valence-corrected chi connectivity index (χ2v) is 3.76. The number of rotatable bonds is 0. The van der Waals surface area contributed by atoms with Crippen LogP contribution in [-0.4, -0.2) is 29.7 Å². The molecule has 0 bridgehead atoms. The van der Waals surface area contributed by atoms with E-state index in [1.54, 1.807) is 6.07 Å². The highest BCUT2D eigenvalue weighted by Crippen LogP contribution is 2.18. The first-order valence-corrected chi connectivity index (χ1v) is 5.29. The summed E-state index contributed by atoms with van der Waals surface area (Å²) in [6.45, 7) is 0.866. The molecule has 1 aromatic carbocycles. The monoisotopic (exact) mass is 294 g/mol. The summed E-state index contributed by atoms with van der Waals surface area (Å²) in [5, 5.41) is 12.7. The van der Waals surface area contributed by atoms with Crippen molar-refractivity contribution >= 4 is 17.6 Å². The molecule has 0 radical (unpaired) electrons. The fourth-order valence-electron chi connectivity index (χ4n) is 1.32. The van der Waals surface area contributed by atoms with Gasteiger partial charge in [-0.2, -0.15) is 13.2 Å². The molecule has 1 aromatic rings. The molecule has 1 heterocycles. The molecule has 0 spiro atoms. The van der Waals surface area contributed by atoms with Crippen LogP contribution < -0.4 is 10.6 Å². The number of carboxylic acids is 1. The van der Waals surface area contributed by atoms with Gasteiger partial charge in [0.25, 0.3) is 0 Å². The van der Waals surface area contributed by atoms with Crippen LogP contribution >= 0.6 is 0 Å². The van der Waals surface area contributed by atoms with Crippen LogP contribution in [0.15, 0.2) is 18.2 Å². The van der Waals surface area contributed by atoms with Crippen LogP contribution in [0.4, 0.5) is 23.2 Å². The summed E-state index contributed by atoms with van der Waals surface area (Å²) < 4.78 is 44.5. The molecule has 3 N–H and O–H groups in total. The largest absolute Gasteiger partial charge is 0.490 e. The lowest BCUT2D eigenvalue weighted by atomic mass is 10.2. The zero-order valence-electron chi connectivity index (χ0n) is 9.92. The number of halogens is 4. The number of aliphatic carboxylic acids is 1. The van der Waals surface area contributed by atoms with E-state index in [0.29, 0.717) is 12.2 Å². The normalized spacial score (nSPS) is 14.3. The molecule has 5 nitrogen and oxygen atoms in total. The maximum Gasteiger partial charge on any atom is 0.490 e. The molecule has 0 saturated carbocycles. The van der Waals surface area contributed by atoms with E-state index in [9.17, 15) is 22.4 Å². The van der Waals surface area contributed by atoms with Gasteiger partial charge in [-0.05, 0) is 17.7 Å². The van der Waals surface area contributed by atoms with E-state index in [1.807, 2.05) is 0 Å². The van der Waals surface area contributed by atoms with Gasteiger partial charge in [0.15, 0.2) is 0 Å². The molecule has 110 valence electrons. The minimum absolute atomic E-state index is 0.135. The Labute approximate surface area is 110 Å². The molecule has 0 unspecified atom stereocenters. The number of alkyl halides is 3. The van der Waals surface area contributed by atoms with E-state index < -0.39 is 12.1 Å². The van der Waals surface area contributed by atoms with Crippen molar-refractivity contribution < 1.29 is 32.3 Å². The predicted octanol–water partition coefficient (Wildman–Crippen LogP) is 1.50. The van der Waals surface area contributed by atoms with E-state index in [0.717, 1.165) is 5.56 Å². The summed E-state index contributed by atoms with van der Waals surface area (Å²) in [5.41, 5.74) is 1.47. The number of carbonyl (C=O) groups excluding carboxylic acids is 1. The number of hydrogen-bond acceptors (Lipinski definition) is 3. The second kappa shape index (κ2) is 6.33. The minimum Gasteiger partial charge on any atom is -0.475 e. The third kappa shape index (κ3) is 4.84. The molecule has 20 heavy (non-hydrogen) atoms. The summed E-state index contributed by atoms with van der Waals surface area (Å²) in [6.07, 6.45) is -5.08. The first-order chi connectivity index (χ1) is 9.20. The maximum atomic E-state index is 12.8. The van der Waals surface area contributed by atoms with Crippen molar-refractivity contribution in [1.29, 1.82) is 0 Å². The number of amides is 1. The van der Waals surface area contributed by atoms with Gasteiger partial charge in [-0.1, -0.05) is 6.07 Å². The third-order valence-electron chi connectivity index (χ3n) is 2.19. The summed E-state index contributed by atoms with van der Waals surface area (Å²) in [4.78, 5) is 20.0. The van der Waals surface area contributed by atoms with Crippen LogP contribution in [0.3, 0.4) is 0 Å². The van der Waals surface area contributed by atoms with Crippen LogP contribution in [-0.2, 0) is 16.1 Å². The Hall–Kier alpha value is -2.16. The van der Waals surface area contributed by atoms with Crippen molar-refractivity contribution in [1.82, 2.24) is 5.32 Å². The van der Waals surface area contributed by atoms with E-state index in [2.05, 4.69) is 10.6 Å². The Morgan fingerprint density at radius 3 is 2.40 bits per heavy atom. The van der Waals surface area contributed by atoms with Gasteiger partial charge >= 0.3 is 12.1 Å². The van der Waals surface area contributed by atoms with Crippen LogP contribution in [0.2, 0.25) is 0 Å². The third-order valence-corrected chi connectivity index (χ3v) is 2.19. The number of carboxylic acid groups (broad SMARTS) is 1. The predicted molar refractivity (Wildman–Crippen MR) is 60.4 cm³/mol. The van der Waals surface area contributed by atoms with Gasteiger partial charge in [0.2, 0.25) is 5.91 Å². The van der Waals surface area contributed by atoms with Gasteiger partial charge in [0.1, 0.15) is 5.82 Å². The van der Waals surface area contributed by atoms with Crippen LogP contribution in [0.25, 0.3) is 0 Å². The molecular formula is C11H10F4N2O3. The number of nitrogens with one attached hydrogen (secondary N) is 2. The van der Waals surface area contributed by atoms with Crippen LogP contribution in [0.1, 0.15) is 5.56 Å². The van der Waals surface area contributed by atoms with Gasteiger partial charge in [-0.25, -0.2) is 9.18 Å². The highest BCUT2D eigenvalue weighted by atomic mass is 19.4. The first kappa shape index (κ1) is 15.9. The molecule has 0 aromatic heterocycles. The van der Waals surface area contributed by atoms with Crippen molar-refractivity contribution in [2.45, 2.75) is 12.7 Å². The van der Waals surface area contributed by atoms with Gasteiger partial charge in [0, 0.05) is 12.2 Å². The summed E-state index contributed by atoms with van der Waals surface area (Å²) in [5.74, 6) is -3.22. The SMILES string of the molecule is O=C(O)C(F)(F)F.O=C1CNCc2ccc(F)cc2N1. The fourth-order valence-corrected chi connectivity index (χ4v) is 1.32. The molecule has 2 rings (SSSR count). The Morgan fingerprint density at radius 1 is 1.25 bits per heavy atom. The Kier molecular flexibility index (Phi) is 5.03. The fraction of sp³-hybridized carbons (Fsp3) is 0.273. The lowest BCUT2D eigenvalue weighted by Crippen LogP contribution is -2.23. The zero-order chi connectivity index (χ0) is 15.3. The number of carbonyl (C=O) groups is 2. The quantitative estimate of drug-likeness (QED) is 0.634.